The summed E-state index contributed by atoms with van der Waals surface area (Å²) >= 11 is 0. The number of nitrogens with zero attached hydrogens (tertiary/aromatic N) is 3. The van der Waals surface area contributed by atoms with E-state index in [2.05, 4.69) is 15.5 Å². The summed E-state index contributed by atoms with van der Waals surface area (Å²) in [6, 6.07) is 16.4. The van der Waals surface area contributed by atoms with Gasteiger partial charge in [-0.25, -0.2) is 8.78 Å². The van der Waals surface area contributed by atoms with Gasteiger partial charge in [0.25, 0.3) is 5.91 Å². The molecule has 0 saturated carbocycles. The molecule has 4 rings (SSSR count). The van der Waals surface area contributed by atoms with E-state index in [-0.39, 0.29) is 5.56 Å². The highest BCUT2D eigenvalue weighted by Crippen LogP contribution is 2.22. The molecule has 0 saturated heterocycles. The number of carbonyl (C=O) groups is 1. The Labute approximate surface area is 164 Å². The molecule has 0 aliphatic carbocycles. The predicted molar refractivity (Wildman–Crippen MR) is 102 cm³/mol. The smallest absolute Gasteiger partial charge is 0.258 e. The first-order chi connectivity index (χ1) is 14.1. The zero-order chi connectivity index (χ0) is 20.2. The minimum absolute atomic E-state index is 0.246. The van der Waals surface area contributed by atoms with Crippen LogP contribution in [0.3, 0.4) is 0 Å². The maximum absolute atomic E-state index is 13.7. The number of halogens is 2. The Morgan fingerprint density at radius 2 is 1.69 bits per heavy atom. The van der Waals surface area contributed by atoms with Gasteiger partial charge in [-0.3, -0.25) is 4.79 Å². The van der Waals surface area contributed by atoms with Crippen molar-refractivity contribution in [1.29, 1.82) is 0 Å². The highest BCUT2D eigenvalue weighted by atomic mass is 19.1. The number of aromatic nitrogens is 3. The Morgan fingerprint density at radius 3 is 2.34 bits per heavy atom. The van der Waals surface area contributed by atoms with Crippen LogP contribution < -0.4 is 10.1 Å². The second-order valence-electron chi connectivity index (χ2n) is 6.02. The van der Waals surface area contributed by atoms with Crippen molar-refractivity contribution in [2.24, 2.45) is 0 Å². The molecule has 0 radical (unpaired) electrons. The lowest BCUT2D eigenvalue weighted by Gasteiger charge is -2.08. The van der Waals surface area contributed by atoms with E-state index in [1.807, 2.05) is 29.1 Å². The SMILES string of the molecule is O=C(Nc1ccc(Oc2ccc(-n3cccc3)nn2)cc1)c1ccc(F)cc1F. The van der Waals surface area contributed by atoms with E-state index < -0.39 is 17.5 Å². The molecule has 2 aromatic carbocycles. The Balaban J connectivity index is 1.40. The molecule has 2 heterocycles. The molecular formula is C21H14F2N4O2. The van der Waals surface area contributed by atoms with Crippen LogP contribution in [-0.2, 0) is 0 Å². The predicted octanol–water partition coefficient (Wildman–Crippen LogP) is 4.59. The van der Waals surface area contributed by atoms with E-state index in [1.54, 1.807) is 36.4 Å². The van der Waals surface area contributed by atoms with Gasteiger partial charge in [-0.2, -0.15) is 0 Å². The first-order valence-corrected chi connectivity index (χ1v) is 8.60. The number of benzene rings is 2. The van der Waals surface area contributed by atoms with Crippen LogP contribution in [0.15, 0.2) is 79.1 Å². The van der Waals surface area contributed by atoms with Crippen LogP contribution >= 0.6 is 0 Å². The molecule has 1 N–H and O–H groups in total. The van der Waals surface area contributed by atoms with Gasteiger partial charge in [0.1, 0.15) is 17.4 Å². The van der Waals surface area contributed by atoms with Gasteiger partial charge in [-0.1, -0.05) is 0 Å². The average Bonchev–Trinajstić information content (AvgIpc) is 3.25. The lowest BCUT2D eigenvalue weighted by molar-refractivity contribution is 0.102. The largest absolute Gasteiger partial charge is 0.438 e. The van der Waals surface area contributed by atoms with Crippen LogP contribution in [0.1, 0.15) is 10.4 Å². The zero-order valence-electron chi connectivity index (χ0n) is 14.9. The van der Waals surface area contributed by atoms with Crippen molar-refractivity contribution < 1.29 is 18.3 Å². The fourth-order valence-corrected chi connectivity index (χ4v) is 2.59. The number of nitrogens with one attached hydrogen (secondary N) is 1. The van der Waals surface area contributed by atoms with Gasteiger partial charge in [0, 0.05) is 30.2 Å². The van der Waals surface area contributed by atoms with Crippen molar-refractivity contribution in [3.8, 4) is 17.4 Å². The summed E-state index contributed by atoms with van der Waals surface area (Å²) in [4.78, 5) is 12.1. The molecule has 0 unspecified atom stereocenters. The molecule has 2 aromatic heterocycles. The van der Waals surface area contributed by atoms with Crippen LogP contribution in [0.5, 0.6) is 11.6 Å². The minimum atomic E-state index is -0.926. The maximum atomic E-state index is 13.7. The summed E-state index contributed by atoms with van der Waals surface area (Å²) < 4.78 is 34.1. The van der Waals surface area contributed by atoms with Crippen LogP contribution in [0.25, 0.3) is 5.82 Å². The molecule has 0 aliphatic heterocycles. The van der Waals surface area contributed by atoms with Gasteiger partial charge in [0.15, 0.2) is 5.82 Å². The van der Waals surface area contributed by atoms with E-state index in [9.17, 15) is 13.6 Å². The second-order valence-corrected chi connectivity index (χ2v) is 6.02. The first kappa shape index (κ1) is 18.3. The molecule has 0 atom stereocenters. The molecule has 144 valence electrons. The van der Waals surface area contributed by atoms with E-state index >= 15 is 0 Å². The molecule has 0 spiro atoms. The van der Waals surface area contributed by atoms with Crippen molar-refractivity contribution in [3.63, 3.8) is 0 Å². The van der Waals surface area contributed by atoms with Gasteiger partial charge in [0.05, 0.1) is 5.56 Å². The molecule has 0 fully saturated rings. The Hall–Kier alpha value is -4.07. The van der Waals surface area contributed by atoms with Crippen molar-refractivity contribution in [2.75, 3.05) is 5.32 Å². The second kappa shape index (κ2) is 7.89. The Kier molecular flexibility index (Phi) is 4.98. The van der Waals surface area contributed by atoms with Crippen molar-refractivity contribution >= 4 is 11.6 Å². The van der Waals surface area contributed by atoms with Gasteiger partial charge in [-0.15, -0.1) is 10.2 Å². The maximum Gasteiger partial charge on any atom is 0.258 e. The molecule has 6 nitrogen and oxygen atoms in total. The summed E-state index contributed by atoms with van der Waals surface area (Å²) in [5, 5.41) is 10.7. The lowest BCUT2D eigenvalue weighted by Crippen LogP contribution is -2.13. The normalized spacial score (nSPS) is 10.6. The van der Waals surface area contributed by atoms with Gasteiger partial charge in [0.2, 0.25) is 5.88 Å². The third kappa shape index (κ3) is 4.27. The monoisotopic (exact) mass is 392 g/mol. The highest BCUT2D eigenvalue weighted by molar-refractivity contribution is 6.04. The van der Waals surface area contributed by atoms with Crippen molar-refractivity contribution in [1.82, 2.24) is 14.8 Å². The van der Waals surface area contributed by atoms with Crippen molar-refractivity contribution in [3.05, 3.63) is 96.3 Å². The quantitative estimate of drug-likeness (QED) is 0.539. The van der Waals surface area contributed by atoms with E-state index in [0.29, 0.717) is 29.2 Å². The number of hydrogen-bond donors (Lipinski definition) is 1. The fourth-order valence-electron chi connectivity index (χ4n) is 2.59. The van der Waals surface area contributed by atoms with E-state index in [0.717, 1.165) is 12.1 Å². The number of ether oxygens (including phenoxy) is 1. The number of rotatable bonds is 5. The third-order valence-electron chi connectivity index (χ3n) is 4.01. The van der Waals surface area contributed by atoms with Gasteiger partial charge < -0.3 is 14.6 Å². The molecule has 0 aliphatic rings. The van der Waals surface area contributed by atoms with E-state index in [1.165, 1.54) is 0 Å². The third-order valence-corrected chi connectivity index (χ3v) is 4.01. The molecule has 29 heavy (non-hydrogen) atoms. The summed E-state index contributed by atoms with van der Waals surface area (Å²) in [5.41, 5.74) is 0.185. The van der Waals surface area contributed by atoms with Gasteiger partial charge >= 0.3 is 0 Å². The standard InChI is InChI=1S/C21H14F2N4O2/c22-14-3-8-17(18(23)13-14)21(28)24-15-4-6-16(7-5-15)29-20-10-9-19(25-26-20)27-11-1-2-12-27/h1-13H,(H,24,28). The molecule has 1 amide bonds. The minimum Gasteiger partial charge on any atom is -0.438 e. The van der Waals surface area contributed by atoms with Crippen LogP contribution in [0.2, 0.25) is 0 Å². The fraction of sp³-hybridized carbons (Fsp3) is 0. The first-order valence-electron chi connectivity index (χ1n) is 8.60. The Bertz CT molecular complexity index is 1130. The number of anilines is 1. The van der Waals surface area contributed by atoms with Gasteiger partial charge in [-0.05, 0) is 54.6 Å². The van der Waals surface area contributed by atoms with E-state index in [4.69, 9.17) is 4.74 Å². The van der Waals surface area contributed by atoms with Crippen molar-refractivity contribution in [2.45, 2.75) is 0 Å². The number of amides is 1. The average molecular weight is 392 g/mol. The lowest BCUT2D eigenvalue weighted by atomic mass is 10.2. The summed E-state index contributed by atoms with van der Waals surface area (Å²) in [6.45, 7) is 0. The van der Waals surface area contributed by atoms with Crippen LogP contribution in [0.4, 0.5) is 14.5 Å². The van der Waals surface area contributed by atoms with Crippen LogP contribution in [-0.4, -0.2) is 20.7 Å². The summed E-state index contributed by atoms with van der Waals surface area (Å²) in [7, 11) is 0. The Morgan fingerprint density at radius 1 is 0.931 bits per heavy atom. The zero-order valence-corrected chi connectivity index (χ0v) is 14.9. The highest BCUT2D eigenvalue weighted by Gasteiger charge is 2.13. The molecule has 4 aromatic rings. The molecule has 8 heteroatoms. The van der Waals surface area contributed by atoms with Crippen LogP contribution in [0, 0.1) is 11.6 Å². The molecular weight excluding hydrogens is 378 g/mol. The topological polar surface area (TPSA) is 69.0 Å². The number of carbonyl (C=O) groups excluding carboxylic acids is 1. The summed E-state index contributed by atoms with van der Waals surface area (Å²) in [5.74, 6) is -0.893. The summed E-state index contributed by atoms with van der Waals surface area (Å²) in [6.07, 6.45) is 3.71. The number of hydrogen-bond acceptors (Lipinski definition) is 4. The molecule has 0 bridgehead atoms.